The molecule has 14 heavy (non-hydrogen) atoms. The minimum Gasteiger partial charge on any atom is -0.381 e. The summed E-state index contributed by atoms with van der Waals surface area (Å²) in [5, 5.41) is 1.94. The van der Waals surface area contributed by atoms with Crippen LogP contribution in [0.15, 0.2) is 36.3 Å². The van der Waals surface area contributed by atoms with Crippen LogP contribution in [0, 0.1) is 0 Å². The molecule has 0 aromatic heterocycles. The van der Waals surface area contributed by atoms with Crippen molar-refractivity contribution in [3.8, 4) is 0 Å². The van der Waals surface area contributed by atoms with E-state index in [1.807, 2.05) is 25.3 Å². The Balaban J connectivity index is 2.59. The van der Waals surface area contributed by atoms with Crippen LogP contribution in [0.2, 0.25) is 0 Å². The lowest BCUT2D eigenvalue weighted by atomic mass is 10.3. The molecule has 1 aliphatic rings. The molecule has 1 atom stereocenters. The van der Waals surface area contributed by atoms with Crippen molar-refractivity contribution in [2.45, 2.75) is 19.9 Å². The van der Waals surface area contributed by atoms with Gasteiger partial charge in [0.2, 0.25) is 0 Å². The van der Waals surface area contributed by atoms with Crippen molar-refractivity contribution in [1.29, 1.82) is 0 Å². The van der Waals surface area contributed by atoms with Gasteiger partial charge in [-0.05, 0) is 26.0 Å². The Bertz CT molecular complexity index is 276. The van der Waals surface area contributed by atoms with E-state index in [2.05, 4.69) is 42.9 Å². The average molecular weight is 193 g/mol. The van der Waals surface area contributed by atoms with Crippen molar-refractivity contribution in [2.75, 3.05) is 14.1 Å². The van der Waals surface area contributed by atoms with Gasteiger partial charge in [-0.25, -0.2) is 5.43 Å². The van der Waals surface area contributed by atoms with Gasteiger partial charge in [0.15, 0.2) is 0 Å². The molecule has 1 unspecified atom stereocenters. The van der Waals surface area contributed by atoms with Crippen LogP contribution in [0.5, 0.6) is 0 Å². The van der Waals surface area contributed by atoms with Gasteiger partial charge in [-0.3, -0.25) is 5.01 Å². The van der Waals surface area contributed by atoms with Crippen LogP contribution in [0.4, 0.5) is 0 Å². The van der Waals surface area contributed by atoms with Gasteiger partial charge in [-0.1, -0.05) is 6.58 Å². The Morgan fingerprint density at radius 1 is 1.57 bits per heavy atom. The molecule has 3 nitrogen and oxygen atoms in total. The van der Waals surface area contributed by atoms with E-state index in [4.69, 9.17) is 0 Å². The Kier molecular flexibility index (Phi) is 3.36. The van der Waals surface area contributed by atoms with E-state index in [1.54, 1.807) is 0 Å². The van der Waals surface area contributed by atoms with E-state index in [-0.39, 0.29) is 0 Å². The summed E-state index contributed by atoms with van der Waals surface area (Å²) in [4.78, 5) is 2.06. The normalized spacial score (nSPS) is 21.6. The molecule has 0 saturated heterocycles. The zero-order chi connectivity index (χ0) is 10.7. The predicted octanol–water partition coefficient (Wildman–Crippen LogP) is 1.69. The van der Waals surface area contributed by atoms with Crippen LogP contribution in [0.3, 0.4) is 0 Å². The molecule has 1 rings (SSSR count). The maximum Gasteiger partial charge on any atom is 0.0516 e. The van der Waals surface area contributed by atoms with Gasteiger partial charge in [0, 0.05) is 32.0 Å². The van der Waals surface area contributed by atoms with Crippen LogP contribution in [-0.4, -0.2) is 30.0 Å². The zero-order valence-electron chi connectivity index (χ0n) is 9.41. The summed E-state index contributed by atoms with van der Waals surface area (Å²) in [5.41, 5.74) is 5.40. The quantitative estimate of drug-likeness (QED) is 0.688. The molecule has 0 spiro atoms. The van der Waals surface area contributed by atoms with E-state index >= 15 is 0 Å². The summed E-state index contributed by atoms with van der Waals surface area (Å²) in [6.45, 7) is 8.17. The van der Waals surface area contributed by atoms with Crippen LogP contribution >= 0.6 is 0 Å². The van der Waals surface area contributed by atoms with Crippen molar-refractivity contribution in [3.05, 3.63) is 36.3 Å². The van der Waals surface area contributed by atoms with Gasteiger partial charge in [-0.15, -0.1) is 0 Å². The number of nitrogens with one attached hydrogen (secondary N) is 1. The number of rotatable bonds is 3. The van der Waals surface area contributed by atoms with Crippen molar-refractivity contribution in [2.24, 2.45) is 0 Å². The molecule has 0 amide bonds. The van der Waals surface area contributed by atoms with Gasteiger partial charge in [0.25, 0.3) is 0 Å². The Morgan fingerprint density at radius 3 is 2.64 bits per heavy atom. The largest absolute Gasteiger partial charge is 0.381 e. The summed E-state index contributed by atoms with van der Waals surface area (Å²) < 4.78 is 0. The predicted molar refractivity (Wildman–Crippen MR) is 60.2 cm³/mol. The van der Waals surface area contributed by atoms with Crippen molar-refractivity contribution < 1.29 is 0 Å². The number of allylic oxidation sites excluding steroid dienone is 2. The highest BCUT2D eigenvalue weighted by atomic mass is 15.5. The first kappa shape index (κ1) is 10.9. The lowest BCUT2D eigenvalue weighted by Crippen LogP contribution is -2.32. The monoisotopic (exact) mass is 193 g/mol. The number of hydrogen-bond acceptors (Lipinski definition) is 3. The third-order valence-electron chi connectivity index (χ3n) is 2.26. The van der Waals surface area contributed by atoms with Crippen LogP contribution in [-0.2, 0) is 0 Å². The Labute approximate surface area is 86.4 Å². The molecule has 0 fully saturated rings. The Hall–Kier alpha value is -1.22. The fraction of sp³-hybridized carbons (Fsp3) is 0.455. The Morgan fingerprint density at radius 2 is 2.21 bits per heavy atom. The SMILES string of the molecule is C=C(/C=C(/C)N(C)C)N1C=CC(C)N1. The second-order valence-corrected chi connectivity index (χ2v) is 3.80. The van der Waals surface area contributed by atoms with Crippen LogP contribution in [0.25, 0.3) is 0 Å². The highest BCUT2D eigenvalue weighted by molar-refractivity contribution is 5.21. The van der Waals surface area contributed by atoms with Crippen LogP contribution in [0.1, 0.15) is 13.8 Å². The molecule has 78 valence electrons. The summed E-state index contributed by atoms with van der Waals surface area (Å²) in [6, 6.07) is 0.389. The molecule has 0 radical (unpaired) electrons. The molecule has 1 N–H and O–H groups in total. The van der Waals surface area contributed by atoms with Gasteiger partial charge >= 0.3 is 0 Å². The molecule has 0 aliphatic carbocycles. The minimum atomic E-state index is 0.389. The van der Waals surface area contributed by atoms with Gasteiger partial charge < -0.3 is 4.90 Å². The van der Waals surface area contributed by atoms with Crippen molar-refractivity contribution in [1.82, 2.24) is 15.3 Å². The minimum absolute atomic E-state index is 0.389. The lowest BCUT2D eigenvalue weighted by Gasteiger charge is -2.20. The summed E-state index contributed by atoms with van der Waals surface area (Å²) in [7, 11) is 4.05. The van der Waals surface area contributed by atoms with Crippen LogP contribution < -0.4 is 5.43 Å². The van der Waals surface area contributed by atoms with Crippen molar-refractivity contribution >= 4 is 0 Å². The first-order valence-corrected chi connectivity index (χ1v) is 4.79. The molecular formula is C11H19N3. The number of hydrogen-bond donors (Lipinski definition) is 1. The molecule has 1 aliphatic heterocycles. The summed E-state index contributed by atoms with van der Waals surface area (Å²) in [6.07, 6.45) is 6.16. The molecule has 0 aromatic rings. The summed E-state index contributed by atoms with van der Waals surface area (Å²) >= 11 is 0. The molecule has 3 heteroatoms. The number of nitrogens with zero attached hydrogens (tertiary/aromatic N) is 2. The van der Waals surface area contributed by atoms with E-state index in [1.165, 1.54) is 5.70 Å². The van der Waals surface area contributed by atoms with E-state index in [9.17, 15) is 0 Å². The molecule has 1 heterocycles. The lowest BCUT2D eigenvalue weighted by molar-refractivity contribution is 0.356. The third kappa shape index (κ3) is 2.64. The first-order chi connectivity index (χ1) is 6.50. The smallest absolute Gasteiger partial charge is 0.0516 e. The molecule has 0 bridgehead atoms. The van der Waals surface area contributed by atoms with E-state index in [0.29, 0.717) is 6.04 Å². The molecule has 0 saturated carbocycles. The van der Waals surface area contributed by atoms with Gasteiger partial charge in [-0.2, -0.15) is 0 Å². The average Bonchev–Trinajstić information content (AvgIpc) is 2.51. The highest BCUT2D eigenvalue weighted by Gasteiger charge is 2.11. The third-order valence-corrected chi connectivity index (χ3v) is 2.26. The number of hydrazine groups is 1. The molecule has 0 aromatic carbocycles. The van der Waals surface area contributed by atoms with Crippen molar-refractivity contribution in [3.63, 3.8) is 0 Å². The maximum absolute atomic E-state index is 4.00. The highest BCUT2D eigenvalue weighted by Crippen LogP contribution is 2.11. The second-order valence-electron chi connectivity index (χ2n) is 3.80. The summed E-state index contributed by atoms with van der Waals surface area (Å²) in [5.74, 6) is 0. The maximum atomic E-state index is 4.00. The fourth-order valence-electron chi connectivity index (χ4n) is 1.14. The second kappa shape index (κ2) is 4.33. The standard InChI is InChI=1S/C11H19N3/c1-9-6-7-14(12-9)11(3)8-10(2)13(4)5/h6-9,12H,3H2,1-2,4-5H3/b10-8-. The van der Waals surface area contributed by atoms with E-state index in [0.717, 1.165) is 5.70 Å². The topological polar surface area (TPSA) is 18.5 Å². The van der Waals surface area contributed by atoms with Gasteiger partial charge in [0.05, 0.1) is 5.70 Å². The van der Waals surface area contributed by atoms with E-state index < -0.39 is 0 Å². The fourth-order valence-corrected chi connectivity index (χ4v) is 1.14. The zero-order valence-corrected chi connectivity index (χ0v) is 9.41. The van der Waals surface area contributed by atoms with Gasteiger partial charge in [0.1, 0.15) is 0 Å². The first-order valence-electron chi connectivity index (χ1n) is 4.79. The molecular weight excluding hydrogens is 174 g/mol.